The fourth-order valence-electron chi connectivity index (χ4n) is 2.16. The van der Waals surface area contributed by atoms with E-state index in [1.54, 1.807) is 28.4 Å². The molecule has 0 saturated heterocycles. The maximum atomic E-state index is 5.31. The van der Waals surface area contributed by atoms with Crippen LogP contribution in [0.15, 0.2) is 47.5 Å². The van der Waals surface area contributed by atoms with Gasteiger partial charge in [0.15, 0.2) is 17.5 Å². The van der Waals surface area contributed by atoms with Crippen molar-refractivity contribution in [2.24, 2.45) is 4.99 Å². The Morgan fingerprint density at radius 1 is 0.917 bits per heavy atom. The minimum absolute atomic E-state index is 0.650. The van der Waals surface area contributed by atoms with Gasteiger partial charge in [0.25, 0.3) is 0 Å². The zero-order valence-corrected chi connectivity index (χ0v) is 14.4. The van der Waals surface area contributed by atoms with Crippen molar-refractivity contribution in [1.82, 2.24) is 5.32 Å². The van der Waals surface area contributed by atoms with Crippen LogP contribution in [0.5, 0.6) is 17.2 Å². The Morgan fingerprint density at radius 3 is 2.21 bits per heavy atom. The molecule has 6 nitrogen and oxygen atoms in total. The molecule has 0 radical (unpaired) electrons. The number of hydrogen-bond donors (Lipinski definition) is 2. The standard InChI is InChI=1S/C18H23N3O3/c1-19-18(20-12-13-5-8-15(22-2)9-6-13)21-14-7-10-16(23-3)17(11-14)24-4/h5-11H,12H2,1-4H3,(H2,19,20,21). The summed E-state index contributed by atoms with van der Waals surface area (Å²) in [5, 5.41) is 6.49. The average molecular weight is 329 g/mol. The van der Waals surface area contributed by atoms with E-state index in [2.05, 4.69) is 15.6 Å². The number of guanidine groups is 1. The number of aliphatic imine (C=N–C) groups is 1. The van der Waals surface area contributed by atoms with E-state index in [-0.39, 0.29) is 0 Å². The molecule has 0 fully saturated rings. The smallest absolute Gasteiger partial charge is 0.195 e. The topological polar surface area (TPSA) is 64.1 Å². The van der Waals surface area contributed by atoms with Gasteiger partial charge in [-0.3, -0.25) is 4.99 Å². The number of nitrogens with zero attached hydrogens (tertiary/aromatic N) is 1. The van der Waals surface area contributed by atoms with Crippen LogP contribution in [0.25, 0.3) is 0 Å². The van der Waals surface area contributed by atoms with Crippen LogP contribution in [0.2, 0.25) is 0 Å². The molecule has 2 N–H and O–H groups in total. The zero-order chi connectivity index (χ0) is 17.4. The highest BCUT2D eigenvalue weighted by Crippen LogP contribution is 2.29. The quantitative estimate of drug-likeness (QED) is 0.630. The molecule has 2 aromatic carbocycles. The molecule has 0 spiro atoms. The van der Waals surface area contributed by atoms with Gasteiger partial charge < -0.3 is 24.8 Å². The second-order valence-electron chi connectivity index (χ2n) is 4.97. The van der Waals surface area contributed by atoms with Crippen LogP contribution in [0.1, 0.15) is 5.56 Å². The van der Waals surface area contributed by atoms with Crippen molar-refractivity contribution >= 4 is 11.6 Å². The molecule has 0 atom stereocenters. The van der Waals surface area contributed by atoms with Gasteiger partial charge in [-0.25, -0.2) is 0 Å². The van der Waals surface area contributed by atoms with E-state index in [1.165, 1.54) is 0 Å². The van der Waals surface area contributed by atoms with Crippen LogP contribution in [0, 0.1) is 0 Å². The molecule has 0 bridgehead atoms. The lowest BCUT2D eigenvalue weighted by molar-refractivity contribution is 0.355. The molecule has 2 rings (SSSR count). The summed E-state index contributed by atoms with van der Waals surface area (Å²) in [6.45, 7) is 0.650. The van der Waals surface area contributed by atoms with Crippen LogP contribution >= 0.6 is 0 Å². The first-order valence-corrected chi connectivity index (χ1v) is 7.52. The third-order valence-electron chi connectivity index (χ3n) is 3.49. The van der Waals surface area contributed by atoms with Gasteiger partial charge in [-0.05, 0) is 29.8 Å². The monoisotopic (exact) mass is 329 g/mol. The van der Waals surface area contributed by atoms with Gasteiger partial charge in [0.2, 0.25) is 0 Å². The molecule has 0 heterocycles. The summed E-state index contributed by atoms with van der Waals surface area (Å²) in [5.74, 6) is 2.85. The van der Waals surface area contributed by atoms with E-state index in [0.29, 0.717) is 24.0 Å². The van der Waals surface area contributed by atoms with Crippen molar-refractivity contribution in [2.45, 2.75) is 6.54 Å². The highest BCUT2D eigenvalue weighted by atomic mass is 16.5. The van der Waals surface area contributed by atoms with Gasteiger partial charge in [0, 0.05) is 25.3 Å². The number of methoxy groups -OCH3 is 3. The predicted molar refractivity (Wildman–Crippen MR) is 96.4 cm³/mol. The summed E-state index contributed by atoms with van der Waals surface area (Å²) in [6, 6.07) is 13.5. The summed E-state index contributed by atoms with van der Waals surface area (Å²) in [4.78, 5) is 4.23. The van der Waals surface area contributed by atoms with Crippen LogP contribution in [-0.4, -0.2) is 34.3 Å². The minimum Gasteiger partial charge on any atom is -0.497 e. The molecule has 0 unspecified atom stereocenters. The first-order valence-electron chi connectivity index (χ1n) is 7.52. The lowest BCUT2D eigenvalue weighted by atomic mass is 10.2. The maximum absolute atomic E-state index is 5.31. The Morgan fingerprint density at radius 2 is 1.62 bits per heavy atom. The molecule has 128 valence electrons. The predicted octanol–water partition coefficient (Wildman–Crippen LogP) is 2.90. The zero-order valence-electron chi connectivity index (χ0n) is 14.4. The first kappa shape index (κ1) is 17.5. The van der Waals surface area contributed by atoms with Gasteiger partial charge in [-0.1, -0.05) is 12.1 Å². The molecule has 6 heteroatoms. The van der Waals surface area contributed by atoms with E-state index in [1.807, 2.05) is 42.5 Å². The second kappa shape index (κ2) is 8.67. The van der Waals surface area contributed by atoms with Gasteiger partial charge in [0.05, 0.1) is 21.3 Å². The van der Waals surface area contributed by atoms with Gasteiger partial charge >= 0.3 is 0 Å². The minimum atomic E-state index is 0.650. The summed E-state index contributed by atoms with van der Waals surface area (Å²) in [6.07, 6.45) is 0. The summed E-state index contributed by atoms with van der Waals surface area (Å²) in [7, 11) is 6.60. The highest BCUT2D eigenvalue weighted by molar-refractivity contribution is 5.93. The van der Waals surface area contributed by atoms with E-state index >= 15 is 0 Å². The van der Waals surface area contributed by atoms with Crippen LogP contribution < -0.4 is 24.8 Å². The normalized spacial score (nSPS) is 10.9. The van der Waals surface area contributed by atoms with Gasteiger partial charge in [-0.15, -0.1) is 0 Å². The first-order chi connectivity index (χ1) is 11.7. The van der Waals surface area contributed by atoms with Crippen molar-refractivity contribution in [2.75, 3.05) is 33.7 Å². The molecular formula is C18H23N3O3. The van der Waals surface area contributed by atoms with Crippen LogP contribution in [0.3, 0.4) is 0 Å². The Bertz CT molecular complexity index is 684. The molecule has 0 aromatic heterocycles. The Hall–Kier alpha value is -2.89. The lowest BCUT2D eigenvalue weighted by Crippen LogP contribution is -2.30. The summed E-state index contributed by atoms with van der Waals surface area (Å²) < 4.78 is 15.7. The van der Waals surface area contributed by atoms with E-state index < -0.39 is 0 Å². The molecular weight excluding hydrogens is 306 g/mol. The fourth-order valence-corrected chi connectivity index (χ4v) is 2.16. The molecule has 0 aliphatic carbocycles. The maximum Gasteiger partial charge on any atom is 0.195 e. The molecule has 0 aliphatic rings. The third-order valence-corrected chi connectivity index (χ3v) is 3.49. The number of hydrogen-bond acceptors (Lipinski definition) is 4. The van der Waals surface area contributed by atoms with Crippen molar-refractivity contribution in [1.29, 1.82) is 0 Å². The Balaban J connectivity index is 1.99. The number of benzene rings is 2. The summed E-state index contributed by atoms with van der Waals surface area (Å²) in [5.41, 5.74) is 1.99. The van der Waals surface area contributed by atoms with E-state index in [9.17, 15) is 0 Å². The number of nitrogens with one attached hydrogen (secondary N) is 2. The van der Waals surface area contributed by atoms with Crippen molar-refractivity contribution in [3.63, 3.8) is 0 Å². The fraction of sp³-hybridized carbons (Fsp3) is 0.278. The van der Waals surface area contributed by atoms with E-state index in [4.69, 9.17) is 14.2 Å². The number of anilines is 1. The van der Waals surface area contributed by atoms with Crippen LogP contribution in [-0.2, 0) is 6.54 Å². The molecule has 24 heavy (non-hydrogen) atoms. The van der Waals surface area contributed by atoms with E-state index in [0.717, 1.165) is 17.0 Å². The van der Waals surface area contributed by atoms with Gasteiger partial charge in [0.1, 0.15) is 5.75 Å². The highest BCUT2D eigenvalue weighted by Gasteiger charge is 2.06. The Kier molecular flexibility index (Phi) is 6.31. The van der Waals surface area contributed by atoms with Gasteiger partial charge in [-0.2, -0.15) is 0 Å². The second-order valence-corrected chi connectivity index (χ2v) is 4.97. The molecule has 0 saturated carbocycles. The largest absolute Gasteiger partial charge is 0.497 e. The van der Waals surface area contributed by atoms with Crippen molar-refractivity contribution in [3.05, 3.63) is 48.0 Å². The molecule has 0 aliphatic heterocycles. The third kappa shape index (κ3) is 4.55. The SMILES string of the molecule is CN=C(NCc1ccc(OC)cc1)Nc1ccc(OC)c(OC)c1. The molecule has 0 amide bonds. The Labute approximate surface area is 142 Å². The van der Waals surface area contributed by atoms with Crippen LogP contribution in [0.4, 0.5) is 5.69 Å². The van der Waals surface area contributed by atoms with Crippen molar-refractivity contribution < 1.29 is 14.2 Å². The number of ether oxygens (including phenoxy) is 3. The van der Waals surface area contributed by atoms with Crippen molar-refractivity contribution in [3.8, 4) is 17.2 Å². The molecule has 2 aromatic rings. The number of rotatable bonds is 6. The average Bonchev–Trinajstić information content (AvgIpc) is 2.65. The summed E-state index contributed by atoms with van der Waals surface area (Å²) >= 11 is 0. The lowest BCUT2D eigenvalue weighted by Gasteiger charge is -2.14.